The van der Waals surface area contributed by atoms with Crippen molar-refractivity contribution in [2.75, 3.05) is 14.1 Å². The summed E-state index contributed by atoms with van der Waals surface area (Å²) < 4.78 is 1.05. The maximum absolute atomic E-state index is 12.5. The van der Waals surface area contributed by atoms with Gasteiger partial charge in [0.2, 0.25) is 5.78 Å². The van der Waals surface area contributed by atoms with Crippen LogP contribution in [0.2, 0.25) is 0 Å². The molecule has 1 aliphatic rings. The van der Waals surface area contributed by atoms with Gasteiger partial charge in [-0.15, -0.1) is 0 Å². The lowest BCUT2D eigenvalue weighted by atomic mass is 9.91. The van der Waals surface area contributed by atoms with Crippen molar-refractivity contribution in [2.45, 2.75) is 12.8 Å². The van der Waals surface area contributed by atoms with Crippen LogP contribution in [0, 0.1) is 0 Å². The maximum atomic E-state index is 12.5. The molecule has 0 saturated heterocycles. The molecule has 0 radical (unpaired) electrons. The van der Waals surface area contributed by atoms with Gasteiger partial charge in [-0.3, -0.25) is 4.79 Å². The van der Waals surface area contributed by atoms with Gasteiger partial charge in [-0.2, -0.15) is 0 Å². The first kappa shape index (κ1) is 12.5. The first-order valence-corrected chi connectivity index (χ1v) is 7.07. The zero-order valence-corrected chi connectivity index (χ0v) is 12.5. The second-order valence-corrected chi connectivity index (χ2v) is 6.03. The van der Waals surface area contributed by atoms with Crippen LogP contribution < -0.4 is 0 Å². The molecule has 0 amide bonds. The third-order valence-corrected chi connectivity index (χ3v) is 3.94. The molecule has 0 fully saturated rings. The van der Waals surface area contributed by atoms with Crippen LogP contribution in [0.1, 0.15) is 22.5 Å². The Balaban J connectivity index is 2.15. The number of hydrogen-bond acceptors (Lipinski definition) is 2. The van der Waals surface area contributed by atoms with E-state index >= 15 is 0 Å². The van der Waals surface area contributed by atoms with Crippen LogP contribution in [-0.2, 0) is 6.42 Å². The van der Waals surface area contributed by atoms with Crippen molar-refractivity contribution in [1.82, 2.24) is 9.88 Å². The Labute approximate surface area is 120 Å². The zero-order valence-electron chi connectivity index (χ0n) is 11.0. The van der Waals surface area contributed by atoms with E-state index in [2.05, 4.69) is 27.0 Å². The summed E-state index contributed by atoms with van der Waals surface area (Å²) in [4.78, 5) is 17.7. The Morgan fingerprint density at radius 1 is 1.32 bits per heavy atom. The standard InChI is InChI=1S/C15H15BrN2O/c1-18(2)8-9-3-5-11-12-7-10(16)4-6-13(12)17-14(11)15(9)19/h4,6-8,17H,3,5H2,1-2H3/b9-8+. The number of Topliss-reactive ketones (excluding diaryl/α,β-unsaturated/α-hetero) is 1. The highest BCUT2D eigenvalue weighted by atomic mass is 79.9. The van der Waals surface area contributed by atoms with Gasteiger partial charge in [0.15, 0.2) is 0 Å². The number of nitrogens with one attached hydrogen (secondary N) is 1. The number of rotatable bonds is 1. The van der Waals surface area contributed by atoms with Crippen LogP contribution in [0.15, 0.2) is 34.4 Å². The van der Waals surface area contributed by atoms with Gasteiger partial charge in [0.1, 0.15) is 0 Å². The number of aromatic amines is 1. The van der Waals surface area contributed by atoms with Gasteiger partial charge in [0, 0.05) is 41.2 Å². The number of H-pyrrole nitrogens is 1. The van der Waals surface area contributed by atoms with E-state index in [1.807, 2.05) is 37.3 Å². The maximum Gasteiger partial charge on any atom is 0.206 e. The largest absolute Gasteiger partial charge is 0.383 e. The summed E-state index contributed by atoms with van der Waals surface area (Å²) >= 11 is 3.49. The molecule has 1 aromatic heterocycles. The molecule has 19 heavy (non-hydrogen) atoms. The van der Waals surface area contributed by atoms with Gasteiger partial charge >= 0.3 is 0 Å². The molecule has 3 rings (SSSR count). The number of benzene rings is 1. The molecular formula is C15H15BrN2O. The fraction of sp³-hybridized carbons (Fsp3) is 0.267. The third kappa shape index (κ3) is 2.10. The minimum absolute atomic E-state index is 0.127. The number of fused-ring (bicyclic) bond motifs is 3. The summed E-state index contributed by atoms with van der Waals surface area (Å²) in [6.07, 6.45) is 3.65. The van der Waals surface area contributed by atoms with Crippen molar-refractivity contribution in [3.05, 3.63) is 45.7 Å². The molecule has 1 N–H and O–H groups in total. The van der Waals surface area contributed by atoms with E-state index in [-0.39, 0.29) is 5.78 Å². The van der Waals surface area contributed by atoms with E-state index in [4.69, 9.17) is 0 Å². The van der Waals surface area contributed by atoms with Crippen LogP contribution in [0.4, 0.5) is 0 Å². The summed E-state index contributed by atoms with van der Waals surface area (Å²) in [5.41, 5.74) is 3.82. The van der Waals surface area contributed by atoms with E-state index in [1.54, 1.807) is 0 Å². The minimum Gasteiger partial charge on any atom is -0.383 e. The number of carbonyl (C=O) groups is 1. The number of carbonyl (C=O) groups excluding carboxylic acids is 1. The van der Waals surface area contributed by atoms with Gasteiger partial charge in [-0.1, -0.05) is 15.9 Å². The molecule has 0 unspecified atom stereocenters. The number of aromatic nitrogens is 1. The van der Waals surface area contributed by atoms with Gasteiger partial charge < -0.3 is 9.88 Å². The van der Waals surface area contributed by atoms with Crippen molar-refractivity contribution in [3.8, 4) is 0 Å². The van der Waals surface area contributed by atoms with Crippen molar-refractivity contribution >= 4 is 32.6 Å². The number of halogens is 1. The highest BCUT2D eigenvalue weighted by molar-refractivity contribution is 9.10. The van der Waals surface area contributed by atoms with Crippen LogP contribution in [0.3, 0.4) is 0 Å². The zero-order chi connectivity index (χ0) is 13.6. The number of ketones is 1. The highest BCUT2D eigenvalue weighted by Crippen LogP contribution is 2.32. The van der Waals surface area contributed by atoms with Gasteiger partial charge in [-0.05, 0) is 36.6 Å². The highest BCUT2D eigenvalue weighted by Gasteiger charge is 2.25. The third-order valence-electron chi connectivity index (χ3n) is 3.45. The Bertz CT molecular complexity index is 697. The summed E-state index contributed by atoms with van der Waals surface area (Å²) in [6, 6.07) is 6.09. The predicted molar refractivity (Wildman–Crippen MR) is 80.4 cm³/mol. The fourth-order valence-corrected chi connectivity index (χ4v) is 3.00. The second kappa shape index (κ2) is 4.53. The molecule has 0 atom stereocenters. The van der Waals surface area contributed by atoms with E-state index in [9.17, 15) is 4.79 Å². The summed E-state index contributed by atoms with van der Waals surface area (Å²) in [5.74, 6) is 0.127. The number of hydrogen-bond donors (Lipinski definition) is 1. The van der Waals surface area contributed by atoms with Crippen LogP contribution in [-0.4, -0.2) is 29.8 Å². The van der Waals surface area contributed by atoms with E-state index in [0.29, 0.717) is 0 Å². The molecule has 0 spiro atoms. The Hall–Kier alpha value is -1.55. The summed E-state index contributed by atoms with van der Waals surface area (Å²) in [5, 5.41) is 1.15. The molecular weight excluding hydrogens is 304 g/mol. The molecule has 0 bridgehead atoms. The normalized spacial score (nSPS) is 17.0. The van der Waals surface area contributed by atoms with Gasteiger partial charge in [0.25, 0.3) is 0 Å². The first-order valence-electron chi connectivity index (χ1n) is 6.28. The first-order chi connectivity index (χ1) is 9.06. The predicted octanol–water partition coefficient (Wildman–Crippen LogP) is 3.50. The smallest absolute Gasteiger partial charge is 0.206 e. The SMILES string of the molecule is CN(C)/C=C1\CCc2c([nH]c3ccc(Br)cc23)C1=O. The molecule has 1 aromatic carbocycles. The molecule has 0 aliphatic heterocycles. The van der Waals surface area contributed by atoms with Crippen molar-refractivity contribution in [2.24, 2.45) is 0 Å². The topological polar surface area (TPSA) is 36.1 Å². The van der Waals surface area contributed by atoms with Gasteiger partial charge in [0.05, 0.1) is 5.69 Å². The quantitative estimate of drug-likeness (QED) is 0.817. The number of aryl methyl sites for hydroxylation is 1. The minimum atomic E-state index is 0.127. The van der Waals surface area contributed by atoms with Crippen molar-refractivity contribution in [1.29, 1.82) is 0 Å². The average Bonchev–Trinajstić information content (AvgIpc) is 2.71. The molecule has 3 nitrogen and oxygen atoms in total. The molecule has 0 saturated carbocycles. The Morgan fingerprint density at radius 2 is 2.11 bits per heavy atom. The number of nitrogens with zero attached hydrogens (tertiary/aromatic N) is 1. The number of allylic oxidation sites excluding steroid dienone is 1. The molecule has 4 heteroatoms. The van der Waals surface area contributed by atoms with Crippen LogP contribution in [0.5, 0.6) is 0 Å². The van der Waals surface area contributed by atoms with Gasteiger partial charge in [-0.25, -0.2) is 0 Å². The Morgan fingerprint density at radius 3 is 2.84 bits per heavy atom. The summed E-state index contributed by atoms with van der Waals surface area (Å²) in [7, 11) is 3.89. The molecule has 1 aliphatic carbocycles. The van der Waals surface area contributed by atoms with Crippen LogP contribution >= 0.6 is 15.9 Å². The summed E-state index contributed by atoms with van der Waals surface area (Å²) in [6.45, 7) is 0. The van der Waals surface area contributed by atoms with E-state index in [0.717, 1.165) is 45.0 Å². The monoisotopic (exact) mass is 318 g/mol. The lowest BCUT2D eigenvalue weighted by Crippen LogP contribution is -2.16. The van der Waals surface area contributed by atoms with Crippen LogP contribution in [0.25, 0.3) is 10.9 Å². The van der Waals surface area contributed by atoms with Crippen molar-refractivity contribution < 1.29 is 4.79 Å². The lowest BCUT2D eigenvalue weighted by Gasteiger charge is -2.16. The molecule has 2 aromatic rings. The van der Waals surface area contributed by atoms with E-state index < -0.39 is 0 Å². The fourth-order valence-electron chi connectivity index (χ4n) is 2.64. The van der Waals surface area contributed by atoms with Crippen molar-refractivity contribution in [3.63, 3.8) is 0 Å². The lowest BCUT2D eigenvalue weighted by molar-refractivity contribution is 0.102. The molecule has 1 heterocycles. The average molecular weight is 319 g/mol. The molecule has 98 valence electrons. The second-order valence-electron chi connectivity index (χ2n) is 5.12. The Kier molecular flexibility index (Phi) is 2.97. The van der Waals surface area contributed by atoms with E-state index in [1.165, 1.54) is 0 Å².